The number of hydrogen-bond acceptors (Lipinski definition) is 5. The van der Waals surface area contributed by atoms with E-state index >= 15 is 0 Å². The zero-order valence-electron chi connectivity index (χ0n) is 17.6. The van der Waals surface area contributed by atoms with Gasteiger partial charge in [0.15, 0.2) is 5.11 Å². The number of piperidine rings is 1. The molecule has 0 aliphatic carbocycles. The Labute approximate surface area is 184 Å². The number of fused-ring (bicyclic) bond motifs is 1. The first-order valence-electron chi connectivity index (χ1n) is 10.7. The molecule has 3 heterocycles. The van der Waals surface area contributed by atoms with Gasteiger partial charge in [0.25, 0.3) is 0 Å². The molecule has 30 heavy (non-hydrogen) atoms. The minimum Gasteiger partial charge on any atom is -0.359 e. The van der Waals surface area contributed by atoms with Crippen molar-refractivity contribution in [3.8, 4) is 0 Å². The van der Waals surface area contributed by atoms with Crippen LogP contribution in [0.25, 0.3) is 0 Å². The van der Waals surface area contributed by atoms with Crippen molar-refractivity contribution in [2.45, 2.75) is 32.7 Å². The number of rotatable bonds is 5. The third-order valence-electron chi connectivity index (χ3n) is 5.89. The molecule has 158 valence electrons. The summed E-state index contributed by atoms with van der Waals surface area (Å²) in [5.74, 6) is 3.23. The molecule has 1 aromatic heterocycles. The molecule has 2 aliphatic rings. The molecule has 0 atom stereocenters. The summed E-state index contributed by atoms with van der Waals surface area (Å²) in [6.07, 6.45) is 5.19. The van der Waals surface area contributed by atoms with Crippen LogP contribution in [0.1, 0.15) is 30.9 Å². The molecule has 0 unspecified atom stereocenters. The molecular formula is C23H30N6S. The molecule has 0 spiro atoms. The Kier molecular flexibility index (Phi) is 6.47. The fraction of sp³-hybridized carbons (Fsp3) is 0.435. The molecule has 6 nitrogen and oxygen atoms in total. The number of aromatic nitrogens is 2. The van der Waals surface area contributed by atoms with E-state index < -0.39 is 0 Å². The predicted molar refractivity (Wildman–Crippen MR) is 128 cm³/mol. The maximum Gasteiger partial charge on any atom is 0.232 e. The Morgan fingerprint density at radius 2 is 1.83 bits per heavy atom. The topological polar surface area (TPSA) is 56.3 Å². The van der Waals surface area contributed by atoms with E-state index in [4.69, 9.17) is 22.2 Å². The number of thiocarbonyl (C=S) groups is 1. The monoisotopic (exact) mass is 422 g/mol. The zero-order valence-corrected chi connectivity index (χ0v) is 18.4. The van der Waals surface area contributed by atoms with Crippen LogP contribution >= 0.6 is 12.2 Å². The Morgan fingerprint density at radius 3 is 2.57 bits per heavy atom. The average molecular weight is 423 g/mol. The molecule has 4 rings (SSSR count). The Morgan fingerprint density at radius 1 is 1.13 bits per heavy atom. The van der Waals surface area contributed by atoms with Crippen LogP contribution in [0, 0.1) is 5.92 Å². The van der Waals surface area contributed by atoms with E-state index in [-0.39, 0.29) is 0 Å². The Bertz CT molecular complexity index is 906. The Hall–Kier alpha value is -2.67. The van der Waals surface area contributed by atoms with Gasteiger partial charge < -0.3 is 20.4 Å². The van der Waals surface area contributed by atoms with Crippen molar-refractivity contribution >= 4 is 34.9 Å². The van der Waals surface area contributed by atoms with Crippen molar-refractivity contribution in [2.75, 3.05) is 41.3 Å². The van der Waals surface area contributed by atoms with Gasteiger partial charge in [-0.05, 0) is 48.5 Å². The highest BCUT2D eigenvalue weighted by Gasteiger charge is 2.22. The van der Waals surface area contributed by atoms with E-state index in [2.05, 4.69) is 64.3 Å². The van der Waals surface area contributed by atoms with E-state index in [1.807, 2.05) is 0 Å². The van der Waals surface area contributed by atoms with E-state index in [0.717, 1.165) is 50.2 Å². The predicted octanol–water partition coefficient (Wildman–Crippen LogP) is 3.75. The summed E-state index contributed by atoms with van der Waals surface area (Å²) in [6, 6.07) is 10.8. The van der Waals surface area contributed by atoms with Gasteiger partial charge in [0.2, 0.25) is 5.95 Å². The summed E-state index contributed by atoms with van der Waals surface area (Å²) in [5, 5.41) is 6.76. The third kappa shape index (κ3) is 4.90. The second-order valence-electron chi connectivity index (χ2n) is 8.14. The van der Waals surface area contributed by atoms with Crippen LogP contribution in [0.2, 0.25) is 0 Å². The average Bonchev–Trinajstić information content (AvgIpc) is 2.77. The van der Waals surface area contributed by atoms with Crippen LogP contribution in [0.3, 0.4) is 0 Å². The van der Waals surface area contributed by atoms with Crippen LogP contribution < -0.4 is 20.4 Å². The fourth-order valence-electron chi connectivity index (χ4n) is 4.04. The highest BCUT2D eigenvalue weighted by Crippen LogP contribution is 2.28. The van der Waals surface area contributed by atoms with Crippen molar-refractivity contribution in [3.63, 3.8) is 0 Å². The van der Waals surface area contributed by atoms with E-state index in [1.165, 1.54) is 24.0 Å². The molecule has 0 radical (unpaired) electrons. The number of nitrogens with one attached hydrogen (secondary N) is 2. The minimum atomic E-state index is 0.509. The van der Waals surface area contributed by atoms with Gasteiger partial charge in [-0.3, -0.25) is 0 Å². The number of anilines is 3. The summed E-state index contributed by atoms with van der Waals surface area (Å²) in [6.45, 7) is 10.5. The van der Waals surface area contributed by atoms with Gasteiger partial charge in [0.05, 0.1) is 0 Å². The molecule has 0 bridgehead atoms. The first-order chi connectivity index (χ1) is 14.6. The Balaban J connectivity index is 1.60. The SMILES string of the molecule is C=CCNC(=S)Nc1nc(N2CCC(C)CC2)cc(N2CCc3ccccc3C2)n1. The smallest absolute Gasteiger partial charge is 0.232 e. The maximum atomic E-state index is 5.39. The van der Waals surface area contributed by atoms with Gasteiger partial charge in [-0.25, -0.2) is 0 Å². The summed E-state index contributed by atoms with van der Waals surface area (Å²) < 4.78 is 0. The zero-order chi connectivity index (χ0) is 20.9. The second kappa shape index (κ2) is 9.43. The normalized spacial score (nSPS) is 16.7. The lowest BCUT2D eigenvalue weighted by Gasteiger charge is -2.33. The lowest BCUT2D eigenvalue weighted by molar-refractivity contribution is 0.436. The standard InChI is InChI=1S/C23H30N6S/c1-3-11-24-23(30)27-22-25-20(28-12-8-17(2)9-13-28)15-21(26-22)29-14-10-18-6-4-5-7-19(18)16-29/h3-7,15,17H,1,8-14,16H2,2H3,(H2,24,25,26,27,30). The van der Waals surface area contributed by atoms with Crippen molar-refractivity contribution in [1.82, 2.24) is 15.3 Å². The molecule has 0 saturated carbocycles. The van der Waals surface area contributed by atoms with Crippen LogP contribution in [-0.4, -0.2) is 41.3 Å². The van der Waals surface area contributed by atoms with Crippen molar-refractivity contribution in [1.29, 1.82) is 0 Å². The first kappa shape index (κ1) is 20.6. The number of hydrogen-bond donors (Lipinski definition) is 2. The van der Waals surface area contributed by atoms with Gasteiger partial charge >= 0.3 is 0 Å². The molecule has 2 aromatic rings. The molecule has 1 aromatic carbocycles. The largest absolute Gasteiger partial charge is 0.359 e. The van der Waals surface area contributed by atoms with E-state index in [9.17, 15) is 0 Å². The van der Waals surface area contributed by atoms with Gasteiger partial charge in [-0.2, -0.15) is 9.97 Å². The summed E-state index contributed by atoms with van der Waals surface area (Å²) in [7, 11) is 0. The van der Waals surface area contributed by atoms with Gasteiger partial charge in [-0.15, -0.1) is 6.58 Å². The minimum absolute atomic E-state index is 0.509. The summed E-state index contributed by atoms with van der Waals surface area (Å²) in [4.78, 5) is 14.3. The van der Waals surface area contributed by atoms with Gasteiger partial charge in [0.1, 0.15) is 11.6 Å². The van der Waals surface area contributed by atoms with E-state index in [0.29, 0.717) is 17.6 Å². The highest BCUT2D eigenvalue weighted by molar-refractivity contribution is 7.80. The molecule has 1 saturated heterocycles. The molecule has 7 heteroatoms. The maximum absolute atomic E-state index is 5.39. The van der Waals surface area contributed by atoms with Crippen LogP contribution in [0.4, 0.5) is 17.6 Å². The lowest BCUT2D eigenvalue weighted by atomic mass is 9.99. The third-order valence-corrected chi connectivity index (χ3v) is 6.14. The molecule has 0 amide bonds. The first-order valence-corrected chi connectivity index (χ1v) is 11.1. The molecular weight excluding hydrogens is 392 g/mol. The molecule has 1 fully saturated rings. The lowest BCUT2D eigenvalue weighted by Crippen LogP contribution is -2.35. The van der Waals surface area contributed by atoms with Crippen LogP contribution in [0.5, 0.6) is 0 Å². The quantitative estimate of drug-likeness (QED) is 0.562. The van der Waals surface area contributed by atoms with Crippen molar-refractivity contribution < 1.29 is 0 Å². The molecule has 2 aliphatic heterocycles. The summed E-state index contributed by atoms with van der Waals surface area (Å²) in [5.41, 5.74) is 2.80. The van der Waals surface area contributed by atoms with Gasteiger partial charge in [0, 0.05) is 38.8 Å². The molecule has 2 N–H and O–H groups in total. The van der Waals surface area contributed by atoms with Crippen molar-refractivity contribution in [3.05, 3.63) is 54.1 Å². The van der Waals surface area contributed by atoms with E-state index in [1.54, 1.807) is 6.08 Å². The second-order valence-corrected chi connectivity index (χ2v) is 8.55. The fourth-order valence-corrected chi connectivity index (χ4v) is 4.22. The highest BCUT2D eigenvalue weighted by atomic mass is 32.1. The van der Waals surface area contributed by atoms with Crippen LogP contribution in [-0.2, 0) is 13.0 Å². The number of nitrogens with zero attached hydrogens (tertiary/aromatic N) is 4. The van der Waals surface area contributed by atoms with Crippen molar-refractivity contribution in [2.24, 2.45) is 5.92 Å². The van der Waals surface area contributed by atoms with Gasteiger partial charge in [-0.1, -0.05) is 37.3 Å². The summed E-state index contributed by atoms with van der Waals surface area (Å²) >= 11 is 5.39. The van der Waals surface area contributed by atoms with Crippen LogP contribution in [0.15, 0.2) is 43.0 Å². The number of benzene rings is 1.